The fourth-order valence-electron chi connectivity index (χ4n) is 4.16. The molecule has 1 amide bonds. The molecule has 2 N–H and O–H groups in total. The highest BCUT2D eigenvalue weighted by atomic mass is 32.1. The first-order valence-corrected chi connectivity index (χ1v) is 12.1. The van der Waals surface area contributed by atoms with Crippen LogP contribution < -0.4 is 20.1 Å². The number of thiazole rings is 1. The van der Waals surface area contributed by atoms with E-state index in [4.69, 9.17) is 14.5 Å². The van der Waals surface area contributed by atoms with Gasteiger partial charge < -0.3 is 20.1 Å². The smallest absolute Gasteiger partial charge is 0.255 e. The van der Waals surface area contributed by atoms with E-state index >= 15 is 0 Å². The lowest BCUT2D eigenvalue weighted by Gasteiger charge is -2.26. The van der Waals surface area contributed by atoms with Crippen molar-refractivity contribution in [1.29, 1.82) is 0 Å². The molecule has 0 aliphatic carbocycles. The van der Waals surface area contributed by atoms with Crippen LogP contribution in [0.3, 0.4) is 0 Å². The predicted octanol–water partition coefficient (Wildman–Crippen LogP) is 3.74. The number of methoxy groups -OCH3 is 2. The van der Waals surface area contributed by atoms with E-state index in [1.54, 1.807) is 43.8 Å². The number of para-hydroxylation sites is 1. The summed E-state index contributed by atoms with van der Waals surface area (Å²) >= 11 is 1.64. The molecule has 176 valence electrons. The first-order chi connectivity index (χ1) is 16.7. The van der Waals surface area contributed by atoms with E-state index in [-0.39, 0.29) is 5.91 Å². The monoisotopic (exact) mass is 477 g/mol. The van der Waals surface area contributed by atoms with E-state index in [2.05, 4.69) is 31.5 Å². The zero-order valence-electron chi connectivity index (χ0n) is 19.2. The summed E-state index contributed by atoms with van der Waals surface area (Å²) in [5.74, 6) is 0.859. The second kappa shape index (κ2) is 9.84. The van der Waals surface area contributed by atoms with Crippen molar-refractivity contribution in [3.05, 3.63) is 65.3 Å². The van der Waals surface area contributed by atoms with E-state index in [9.17, 15) is 4.79 Å². The van der Waals surface area contributed by atoms with Crippen molar-refractivity contribution in [2.75, 3.05) is 45.7 Å². The number of ether oxygens (including phenoxy) is 2. The van der Waals surface area contributed by atoms with Crippen LogP contribution in [0.4, 0.5) is 5.69 Å². The van der Waals surface area contributed by atoms with Crippen LogP contribution in [0.2, 0.25) is 0 Å². The van der Waals surface area contributed by atoms with E-state index in [1.807, 2.05) is 24.3 Å². The van der Waals surface area contributed by atoms with Gasteiger partial charge in [-0.15, -0.1) is 11.3 Å². The average molecular weight is 478 g/mol. The van der Waals surface area contributed by atoms with Gasteiger partial charge in [0.05, 0.1) is 25.6 Å². The molecular formula is C25H27N5O3S. The number of amides is 1. The maximum absolute atomic E-state index is 13.0. The Balaban J connectivity index is 1.40. The first kappa shape index (κ1) is 22.4. The molecule has 4 aromatic rings. The zero-order valence-corrected chi connectivity index (χ0v) is 20.0. The van der Waals surface area contributed by atoms with Crippen LogP contribution in [-0.2, 0) is 6.54 Å². The highest BCUT2D eigenvalue weighted by Gasteiger charge is 2.17. The van der Waals surface area contributed by atoms with Gasteiger partial charge in [0.25, 0.3) is 5.91 Å². The van der Waals surface area contributed by atoms with Gasteiger partial charge in [-0.1, -0.05) is 18.2 Å². The Kier molecular flexibility index (Phi) is 6.48. The van der Waals surface area contributed by atoms with Gasteiger partial charge in [-0.2, -0.15) is 0 Å². The molecule has 2 aromatic heterocycles. The normalized spacial score (nSPS) is 14.3. The Morgan fingerprint density at radius 2 is 1.91 bits per heavy atom. The summed E-state index contributed by atoms with van der Waals surface area (Å²) in [5.41, 5.74) is 4.12. The lowest BCUT2D eigenvalue weighted by atomic mass is 10.1. The van der Waals surface area contributed by atoms with Gasteiger partial charge in [0.15, 0.2) is 16.5 Å². The summed E-state index contributed by atoms with van der Waals surface area (Å²) in [7, 11) is 3.12. The van der Waals surface area contributed by atoms with Crippen LogP contribution in [0.1, 0.15) is 16.1 Å². The number of aromatic nitrogens is 2. The van der Waals surface area contributed by atoms with Gasteiger partial charge in [0.1, 0.15) is 0 Å². The van der Waals surface area contributed by atoms with Gasteiger partial charge in [0, 0.05) is 61.1 Å². The molecular weight excluding hydrogens is 450 g/mol. The molecule has 0 spiro atoms. The maximum atomic E-state index is 13.0. The van der Waals surface area contributed by atoms with E-state index in [0.29, 0.717) is 22.7 Å². The van der Waals surface area contributed by atoms with Gasteiger partial charge in [0.2, 0.25) is 0 Å². The Morgan fingerprint density at radius 1 is 1.12 bits per heavy atom. The maximum Gasteiger partial charge on any atom is 0.255 e. The molecule has 0 saturated carbocycles. The molecule has 1 fully saturated rings. The van der Waals surface area contributed by atoms with Crippen molar-refractivity contribution < 1.29 is 14.3 Å². The fourth-order valence-corrected chi connectivity index (χ4v) is 5.02. The van der Waals surface area contributed by atoms with Gasteiger partial charge in [-0.25, -0.2) is 4.98 Å². The summed E-state index contributed by atoms with van der Waals surface area (Å²) in [6.45, 7) is 5.04. The van der Waals surface area contributed by atoms with Gasteiger partial charge in [-0.3, -0.25) is 14.1 Å². The summed E-state index contributed by atoms with van der Waals surface area (Å²) < 4.78 is 12.8. The van der Waals surface area contributed by atoms with Crippen molar-refractivity contribution in [2.24, 2.45) is 0 Å². The highest BCUT2D eigenvalue weighted by Crippen LogP contribution is 2.31. The lowest BCUT2D eigenvalue weighted by Crippen LogP contribution is -2.43. The van der Waals surface area contributed by atoms with E-state index < -0.39 is 0 Å². The number of nitrogens with zero attached hydrogens (tertiary/aromatic N) is 3. The zero-order chi connectivity index (χ0) is 23.5. The standard InChI is InChI=1S/C25H27N5O3S/c1-32-22-8-7-17(13-23(22)33-2)24(31)27-20-6-4-3-5-19(20)21-15-30-18(16-34-25(30)28-21)14-29-11-9-26-10-12-29/h3-8,13,15-16,26H,9-12,14H2,1-2H3,(H,27,31). The Morgan fingerprint density at radius 3 is 2.71 bits per heavy atom. The summed E-state index contributed by atoms with van der Waals surface area (Å²) in [6, 6.07) is 12.8. The molecule has 1 aliphatic rings. The minimum absolute atomic E-state index is 0.228. The van der Waals surface area contributed by atoms with Crippen LogP contribution in [-0.4, -0.2) is 60.6 Å². The fraction of sp³-hybridized carbons (Fsp3) is 0.280. The number of benzene rings is 2. The number of hydrogen-bond donors (Lipinski definition) is 2. The van der Waals surface area contributed by atoms with Crippen molar-refractivity contribution in [2.45, 2.75) is 6.54 Å². The SMILES string of the molecule is COc1ccc(C(=O)Nc2ccccc2-c2cn3c(CN4CCNCC4)csc3n2)cc1OC. The number of carbonyl (C=O) groups is 1. The Hall–Kier alpha value is -3.40. The molecule has 2 aromatic carbocycles. The molecule has 0 radical (unpaired) electrons. The molecule has 3 heterocycles. The third kappa shape index (κ3) is 4.50. The molecule has 9 heteroatoms. The number of carbonyl (C=O) groups excluding carboxylic acids is 1. The molecule has 0 bridgehead atoms. The Labute approximate surface area is 202 Å². The summed E-state index contributed by atoms with van der Waals surface area (Å²) in [5, 5.41) is 8.61. The largest absolute Gasteiger partial charge is 0.493 e. The number of imidazole rings is 1. The Bertz CT molecular complexity index is 1310. The molecule has 8 nitrogen and oxygen atoms in total. The second-order valence-corrected chi connectivity index (χ2v) is 8.94. The number of nitrogens with one attached hydrogen (secondary N) is 2. The van der Waals surface area contributed by atoms with Crippen LogP contribution in [0.15, 0.2) is 54.0 Å². The van der Waals surface area contributed by atoms with Crippen LogP contribution in [0.5, 0.6) is 11.5 Å². The minimum atomic E-state index is -0.228. The first-order valence-electron chi connectivity index (χ1n) is 11.2. The number of rotatable bonds is 7. The number of fused-ring (bicyclic) bond motifs is 1. The molecule has 0 atom stereocenters. The van der Waals surface area contributed by atoms with E-state index in [0.717, 1.165) is 48.9 Å². The third-order valence-electron chi connectivity index (χ3n) is 5.98. The van der Waals surface area contributed by atoms with Gasteiger partial charge in [-0.05, 0) is 24.3 Å². The minimum Gasteiger partial charge on any atom is -0.493 e. The summed E-state index contributed by atoms with van der Waals surface area (Å²) in [4.78, 5) is 21.3. The lowest BCUT2D eigenvalue weighted by molar-refractivity contribution is 0.102. The second-order valence-electron chi connectivity index (χ2n) is 8.10. The molecule has 1 saturated heterocycles. The molecule has 34 heavy (non-hydrogen) atoms. The predicted molar refractivity (Wildman–Crippen MR) is 134 cm³/mol. The average Bonchev–Trinajstić information content (AvgIpc) is 3.46. The topological polar surface area (TPSA) is 80.1 Å². The van der Waals surface area contributed by atoms with Gasteiger partial charge >= 0.3 is 0 Å². The number of hydrogen-bond acceptors (Lipinski definition) is 7. The van der Waals surface area contributed by atoms with Crippen LogP contribution >= 0.6 is 11.3 Å². The van der Waals surface area contributed by atoms with Crippen LogP contribution in [0, 0.1) is 0 Å². The van der Waals surface area contributed by atoms with Crippen molar-refractivity contribution in [3.8, 4) is 22.8 Å². The molecule has 5 rings (SSSR count). The van der Waals surface area contributed by atoms with Crippen LogP contribution in [0.25, 0.3) is 16.2 Å². The highest BCUT2D eigenvalue weighted by molar-refractivity contribution is 7.15. The third-order valence-corrected chi connectivity index (χ3v) is 6.86. The van der Waals surface area contributed by atoms with Crippen molar-refractivity contribution in [3.63, 3.8) is 0 Å². The molecule has 0 unspecified atom stereocenters. The quantitative estimate of drug-likeness (QED) is 0.422. The van der Waals surface area contributed by atoms with Crippen molar-refractivity contribution in [1.82, 2.24) is 19.6 Å². The number of piperazine rings is 1. The summed E-state index contributed by atoms with van der Waals surface area (Å²) in [6.07, 6.45) is 2.06. The van der Waals surface area contributed by atoms with E-state index in [1.165, 1.54) is 5.69 Å². The number of anilines is 1. The van der Waals surface area contributed by atoms with Crippen molar-refractivity contribution >= 4 is 27.9 Å². The molecule has 1 aliphatic heterocycles.